The molecule has 1 saturated heterocycles. The number of ether oxygens (including phenoxy) is 1. The number of nitrogens with one attached hydrogen (secondary N) is 1. The lowest BCUT2D eigenvalue weighted by Crippen LogP contribution is -2.50. The molecular weight excluding hydrogens is 332 g/mol. The Hall–Kier alpha value is -2.09. The van der Waals surface area contributed by atoms with Crippen molar-refractivity contribution in [1.29, 1.82) is 0 Å². The van der Waals surface area contributed by atoms with E-state index in [4.69, 9.17) is 4.74 Å². The molecule has 1 N–H and O–H groups in total. The molecule has 1 heterocycles. The topological polar surface area (TPSA) is 92.8 Å². The van der Waals surface area contributed by atoms with E-state index in [9.17, 15) is 18.0 Å². The van der Waals surface area contributed by atoms with Gasteiger partial charge in [0, 0.05) is 0 Å². The predicted octanol–water partition coefficient (Wildman–Crippen LogP) is 1.88. The van der Waals surface area contributed by atoms with Crippen LogP contribution < -0.4 is 10.1 Å². The number of amides is 3. The molecule has 1 spiro atoms. The van der Waals surface area contributed by atoms with E-state index < -0.39 is 27.5 Å². The molecule has 2 fully saturated rings. The number of sulfonamides is 1. The number of methoxy groups -OCH3 is 1. The number of hydrogen-bond acceptors (Lipinski definition) is 5. The van der Waals surface area contributed by atoms with Gasteiger partial charge in [-0.2, -0.15) is 0 Å². The van der Waals surface area contributed by atoms with Crippen molar-refractivity contribution in [2.45, 2.75) is 43.0 Å². The highest BCUT2D eigenvalue weighted by molar-refractivity contribution is 7.90. The molecule has 1 saturated carbocycles. The van der Waals surface area contributed by atoms with E-state index in [0.717, 1.165) is 12.8 Å². The maximum absolute atomic E-state index is 12.8. The molecule has 0 bridgehead atoms. The fourth-order valence-electron chi connectivity index (χ4n) is 3.53. The van der Waals surface area contributed by atoms with Crippen LogP contribution >= 0.6 is 0 Å². The van der Waals surface area contributed by atoms with Gasteiger partial charge < -0.3 is 10.1 Å². The lowest BCUT2D eigenvalue weighted by Gasteiger charge is -2.34. The molecule has 0 radical (unpaired) electrons. The van der Waals surface area contributed by atoms with Crippen LogP contribution in [0.15, 0.2) is 29.2 Å². The number of carbonyl (C=O) groups excluding carboxylic acids is 2. The van der Waals surface area contributed by atoms with E-state index in [1.54, 1.807) is 0 Å². The summed E-state index contributed by atoms with van der Waals surface area (Å²) >= 11 is 0. The van der Waals surface area contributed by atoms with Gasteiger partial charge in [-0.25, -0.2) is 13.2 Å². The molecule has 2 unspecified atom stereocenters. The van der Waals surface area contributed by atoms with Crippen molar-refractivity contribution >= 4 is 22.0 Å². The molecule has 3 rings (SSSR count). The summed E-state index contributed by atoms with van der Waals surface area (Å²) in [5.41, 5.74) is -1.09. The Morgan fingerprint density at radius 2 is 1.92 bits per heavy atom. The highest BCUT2D eigenvalue weighted by Crippen LogP contribution is 2.38. The first-order valence-corrected chi connectivity index (χ1v) is 9.30. The van der Waals surface area contributed by atoms with Crippen molar-refractivity contribution in [3.8, 4) is 5.75 Å². The zero-order valence-electron chi connectivity index (χ0n) is 13.6. The van der Waals surface area contributed by atoms with Gasteiger partial charge in [-0.15, -0.1) is 4.31 Å². The lowest BCUT2D eigenvalue weighted by atomic mass is 9.76. The van der Waals surface area contributed by atoms with Gasteiger partial charge in [-0.1, -0.05) is 19.8 Å². The van der Waals surface area contributed by atoms with Crippen LogP contribution in [0.4, 0.5) is 4.79 Å². The van der Waals surface area contributed by atoms with E-state index in [1.807, 2.05) is 6.92 Å². The van der Waals surface area contributed by atoms with Crippen molar-refractivity contribution in [1.82, 2.24) is 9.62 Å². The van der Waals surface area contributed by atoms with Crippen LogP contribution in [-0.4, -0.2) is 37.3 Å². The number of imide groups is 1. The summed E-state index contributed by atoms with van der Waals surface area (Å²) in [5.74, 6) is 0.0743. The Morgan fingerprint density at radius 3 is 2.50 bits per heavy atom. The lowest BCUT2D eigenvalue weighted by molar-refractivity contribution is -0.129. The molecule has 0 aromatic heterocycles. The summed E-state index contributed by atoms with van der Waals surface area (Å²) in [6.45, 7) is 2.00. The second-order valence-electron chi connectivity index (χ2n) is 6.46. The molecule has 1 aromatic rings. The quantitative estimate of drug-likeness (QED) is 0.839. The van der Waals surface area contributed by atoms with Gasteiger partial charge in [0.15, 0.2) is 0 Å². The average molecular weight is 352 g/mol. The van der Waals surface area contributed by atoms with Crippen LogP contribution in [-0.2, 0) is 14.8 Å². The van der Waals surface area contributed by atoms with Crippen LogP contribution in [0.1, 0.15) is 32.6 Å². The van der Waals surface area contributed by atoms with Gasteiger partial charge in [0.2, 0.25) is 0 Å². The number of carbonyl (C=O) groups is 2. The second-order valence-corrected chi connectivity index (χ2v) is 8.25. The van der Waals surface area contributed by atoms with Crippen LogP contribution in [0.2, 0.25) is 0 Å². The van der Waals surface area contributed by atoms with Crippen LogP contribution in [0.3, 0.4) is 0 Å². The van der Waals surface area contributed by atoms with E-state index in [2.05, 4.69) is 5.32 Å². The van der Waals surface area contributed by atoms with Crippen molar-refractivity contribution in [2.75, 3.05) is 7.11 Å². The summed E-state index contributed by atoms with van der Waals surface area (Å²) in [7, 11) is -2.77. The molecule has 1 aromatic carbocycles. The molecule has 130 valence electrons. The molecule has 8 heteroatoms. The van der Waals surface area contributed by atoms with Gasteiger partial charge in [0.25, 0.3) is 15.9 Å². The summed E-state index contributed by atoms with van der Waals surface area (Å²) in [6, 6.07) is 4.73. The van der Waals surface area contributed by atoms with Crippen LogP contribution in [0.5, 0.6) is 5.75 Å². The maximum atomic E-state index is 12.8. The number of hydrogen-bond donors (Lipinski definition) is 1. The standard InChI is InChI=1S/C16H20N2O5S/c1-11-4-3-9-16(10-11)14(19)18(15(20)17-16)24(21,22)13-7-5-12(23-2)6-8-13/h5-8,11H,3-4,9-10H2,1-2H3,(H,17,20). The van der Waals surface area contributed by atoms with E-state index in [0.29, 0.717) is 22.9 Å². The normalized spacial score (nSPS) is 27.4. The smallest absolute Gasteiger partial charge is 0.339 e. The van der Waals surface area contributed by atoms with Gasteiger partial charge in [-0.3, -0.25) is 4.79 Å². The highest BCUT2D eigenvalue weighted by atomic mass is 32.2. The van der Waals surface area contributed by atoms with E-state index >= 15 is 0 Å². The van der Waals surface area contributed by atoms with Gasteiger partial charge in [-0.05, 0) is 43.0 Å². The predicted molar refractivity (Wildman–Crippen MR) is 85.9 cm³/mol. The van der Waals surface area contributed by atoms with Crippen molar-refractivity contribution in [3.05, 3.63) is 24.3 Å². The third-order valence-electron chi connectivity index (χ3n) is 4.72. The first kappa shape index (κ1) is 16.8. The number of urea groups is 1. The van der Waals surface area contributed by atoms with Crippen molar-refractivity contribution in [2.24, 2.45) is 5.92 Å². The Balaban J connectivity index is 1.95. The first-order valence-electron chi connectivity index (χ1n) is 7.86. The summed E-state index contributed by atoms with van der Waals surface area (Å²) in [6.07, 6.45) is 2.68. The third kappa shape index (κ3) is 2.54. The van der Waals surface area contributed by atoms with E-state index in [1.165, 1.54) is 31.4 Å². The average Bonchev–Trinajstić information content (AvgIpc) is 2.77. The van der Waals surface area contributed by atoms with Crippen molar-refractivity contribution < 1.29 is 22.7 Å². The molecule has 2 aliphatic rings. The van der Waals surface area contributed by atoms with Gasteiger partial charge in [0.05, 0.1) is 12.0 Å². The fourth-order valence-corrected chi connectivity index (χ4v) is 4.87. The number of nitrogens with zero attached hydrogens (tertiary/aromatic N) is 1. The molecule has 7 nitrogen and oxygen atoms in total. The van der Waals surface area contributed by atoms with Crippen LogP contribution in [0.25, 0.3) is 0 Å². The zero-order chi connectivity index (χ0) is 17.5. The largest absolute Gasteiger partial charge is 0.497 e. The summed E-state index contributed by atoms with van der Waals surface area (Å²) < 4.78 is 30.9. The Labute approximate surface area is 141 Å². The summed E-state index contributed by atoms with van der Waals surface area (Å²) in [4.78, 5) is 25.0. The number of rotatable bonds is 3. The SMILES string of the molecule is COc1ccc(S(=O)(=O)N2C(=O)NC3(CCCC(C)C3)C2=O)cc1. The van der Waals surface area contributed by atoms with Crippen LogP contribution in [0, 0.1) is 5.92 Å². The minimum absolute atomic E-state index is 0.118. The molecule has 1 aliphatic heterocycles. The van der Waals surface area contributed by atoms with Gasteiger partial charge in [0.1, 0.15) is 11.3 Å². The molecule has 1 aliphatic carbocycles. The Bertz CT molecular complexity index is 774. The zero-order valence-corrected chi connectivity index (χ0v) is 14.4. The monoisotopic (exact) mass is 352 g/mol. The summed E-state index contributed by atoms with van der Waals surface area (Å²) in [5, 5.41) is 2.63. The fraction of sp³-hybridized carbons (Fsp3) is 0.500. The van der Waals surface area contributed by atoms with Gasteiger partial charge >= 0.3 is 6.03 Å². The minimum Gasteiger partial charge on any atom is -0.497 e. The first-order chi connectivity index (χ1) is 11.3. The molecular formula is C16H20N2O5S. The molecule has 2 atom stereocenters. The second kappa shape index (κ2) is 5.77. The third-order valence-corrected chi connectivity index (χ3v) is 6.40. The van der Waals surface area contributed by atoms with Crippen molar-refractivity contribution in [3.63, 3.8) is 0 Å². The Morgan fingerprint density at radius 1 is 1.25 bits per heavy atom. The maximum Gasteiger partial charge on any atom is 0.339 e. The Kier molecular flexibility index (Phi) is 4.03. The highest BCUT2D eigenvalue weighted by Gasteiger charge is 2.56. The number of benzene rings is 1. The molecule has 3 amide bonds. The minimum atomic E-state index is -4.24. The van der Waals surface area contributed by atoms with E-state index in [-0.39, 0.29) is 10.8 Å². The molecule has 24 heavy (non-hydrogen) atoms.